The van der Waals surface area contributed by atoms with Crippen LogP contribution in [0.2, 0.25) is 5.02 Å². The van der Waals surface area contributed by atoms with Gasteiger partial charge in [0.2, 0.25) is 11.8 Å². The summed E-state index contributed by atoms with van der Waals surface area (Å²) in [4.78, 5) is 22.9. The van der Waals surface area contributed by atoms with E-state index in [0.717, 1.165) is 5.56 Å². The number of anilines is 1. The van der Waals surface area contributed by atoms with Gasteiger partial charge in [-0.2, -0.15) is 0 Å². The number of carbonyl (C=O) groups is 2. The number of aryl methyl sites for hydroxylation is 1. The van der Waals surface area contributed by atoms with Crippen LogP contribution in [0, 0.1) is 6.92 Å². The van der Waals surface area contributed by atoms with E-state index in [2.05, 4.69) is 10.6 Å². The molecule has 0 bridgehead atoms. The number of amides is 2. The van der Waals surface area contributed by atoms with Gasteiger partial charge in [0.05, 0.1) is 0 Å². The summed E-state index contributed by atoms with van der Waals surface area (Å²) in [5.74, 6) is -0.269. The summed E-state index contributed by atoms with van der Waals surface area (Å²) in [5, 5.41) is 5.97. The number of halogens is 1. The lowest BCUT2D eigenvalue weighted by Crippen LogP contribution is -2.37. The average molecular weight is 253 g/mol. The molecular formula is C12H13ClN2O2. The maximum absolute atomic E-state index is 11.9. The second-order valence-corrected chi connectivity index (χ2v) is 4.54. The number of rotatable bonds is 2. The zero-order valence-electron chi connectivity index (χ0n) is 9.42. The number of nitrogens with one attached hydrogen (secondary N) is 2. The van der Waals surface area contributed by atoms with Gasteiger partial charge in [-0.1, -0.05) is 17.7 Å². The van der Waals surface area contributed by atoms with E-state index in [9.17, 15) is 9.59 Å². The standard InChI is InChI=1S/C12H13ClN2O2/c1-7-2-3-8(13)6-10(7)15-12(17)9-4-5-11(16)14-9/h2-3,6,9H,4-5H2,1H3,(H,14,16)(H,15,17)/t9-/m0/s1. The number of hydrogen-bond donors (Lipinski definition) is 2. The number of carbonyl (C=O) groups excluding carboxylic acids is 2. The zero-order valence-corrected chi connectivity index (χ0v) is 10.2. The Hall–Kier alpha value is -1.55. The minimum atomic E-state index is -0.430. The first-order chi connectivity index (χ1) is 8.06. The molecule has 90 valence electrons. The third-order valence-corrected chi connectivity index (χ3v) is 3.00. The summed E-state index contributed by atoms with van der Waals surface area (Å²) in [6.45, 7) is 1.89. The first-order valence-corrected chi connectivity index (χ1v) is 5.80. The van der Waals surface area contributed by atoms with E-state index in [1.54, 1.807) is 12.1 Å². The molecule has 2 amide bonds. The largest absolute Gasteiger partial charge is 0.344 e. The fourth-order valence-electron chi connectivity index (χ4n) is 1.76. The Morgan fingerprint density at radius 2 is 2.29 bits per heavy atom. The third-order valence-electron chi connectivity index (χ3n) is 2.77. The molecule has 5 heteroatoms. The molecule has 1 aliphatic heterocycles. The smallest absolute Gasteiger partial charge is 0.246 e. The lowest BCUT2D eigenvalue weighted by molar-refractivity contribution is -0.122. The summed E-state index contributed by atoms with van der Waals surface area (Å²) in [7, 11) is 0. The highest BCUT2D eigenvalue weighted by molar-refractivity contribution is 6.31. The summed E-state index contributed by atoms with van der Waals surface area (Å²) >= 11 is 5.86. The maximum atomic E-state index is 11.9. The highest BCUT2D eigenvalue weighted by atomic mass is 35.5. The van der Waals surface area contributed by atoms with E-state index in [4.69, 9.17) is 11.6 Å². The second kappa shape index (κ2) is 4.75. The normalized spacial score (nSPS) is 18.9. The van der Waals surface area contributed by atoms with Crippen LogP contribution >= 0.6 is 11.6 Å². The molecule has 4 nitrogen and oxygen atoms in total. The highest BCUT2D eigenvalue weighted by Crippen LogP contribution is 2.21. The average Bonchev–Trinajstić information content (AvgIpc) is 2.70. The van der Waals surface area contributed by atoms with Gasteiger partial charge in [0, 0.05) is 17.1 Å². The van der Waals surface area contributed by atoms with Gasteiger partial charge in [0.15, 0.2) is 0 Å². The van der Waals surface area contributed by atoms with E-state index in [1.807, 2.05) is 13.0 Å². The van der Waals surface area contributed by atoms with Crippen molar-refractivity contribution in [3.63, 3.8) is 0 Å². The molecule has 0 radical (unpaired) electrons. The van der Waals surface area contributed by atoms with Crippen molar-refractivity contribution < 1.29 is 9.59 Å². The predicted molar refractivity (Wildman–Crippen MR) is 66.0 cm³/mol. The summed E-state index contributed by atoms with van der Waals surface area (Å²) < 4.78 is 0. The quantitative estimate of drug-likeness (QED) is 0.844. The van der Waals surface area contributed by atoms with Crippen molar-refractivity contribution in [1.29, 1.82) is 0 Å². The molecule has 1 atom stereocenters. The molecule has 1 aliphatic rings. The van der Waals surface area contributed by atoms with E-state index in [1.165, 1.54) is 0 Å². The second-order valence-electron chi connectivity index (χ2n) is 4.11. The van der Waals surface area contributed by atoms with Crippen molar-refractivity contribution in [3.8, 4) is 0 Å². The Labute approximate surface area is 104 Å². The summed E-state index contributed by atoms with van der Waals surface area (Å²) in [6, 6.07) is 4.88. The van der Waals surface area contributed by atoms with Crippen molar-refractivity contribution >= 4 is 29.1 Å². The molecule has 1 aromatic rings. The fraction of sp³-hybridized carbons (Fsp3) is 0.333. The van der Waals surface area contributed by atoms with Gasteiger partial charge < -0.3 is 10.6 Å². The van der Waals surface area contributed by atoms with Crippen LogP contribution in [0.25, 0.3) is 0 Å². The molecule has 1 heterocycles. The molecule has 1 fully saturated rings. The Balaban J connectivity index is 2.07. The van der Waals surface area contributed by atoms with Crippen molar-refractivity contribution in [2.75, 3.05) is 5.32 Å². The molecule has 1 aromatic carbocycles. The summed E-state index contributed by atoms with van der Waals surface area (Å²) in [5.41, 5.74) is 1.62. The monoisotopic (exact) mass is 252 g/mol. The molecule has 0 spiro atoms. The lowest BCUT2D eigenvalue weighted by Gasteiger charge is -2.12. The Bertz CT molecular complexity index is 474. The van der Waals surface area contributed by atoms with Gasteiger partial charge in [-0.3, -0.25) is 9.59 Å². The van der Waals surface area contributed by atoms with Crippen LogP contribution in [0.1, 0.15) is 18.4 Å². The topological polar surface area (TPSA) is 58.2 Å². The van der Waals surface area contributed by atoms with Crippen molar-refractivity contribution in [2.45, 2.75) is 25.8 Å². The van der Waals surface area contributed by atoms with Crippen LogP contribution < -0.4 is 10.6 Å². The highest BCUT2D eigenvalue weighted by Gasteiger charge is 2.27. The molecule has 1 saturated heterocycles. The molecule has 2 rings (SSSR count). The van der Waals surface area contributed by atoms with Gasteiger partial charge >= 0.3 is 0 Å². The van der Waals surface area contributed by atoms with Crippen LogP contribution in [0.15, 0.2) is 18.2 Å². The van der Waals surface area contributed by atoms with Crippen LogP contribution in [0.3, 0.4) is 0 Å². The third kappa shape index (κ3) is 2.77. The number of hydrogen-bond acceptors (Lipinski definition) is 2. The van der Waals surface area contributed by atoms with Crippen molar-refractivity contribution in [3.05, 3.63) is 28.8 Å². The van der Waals surface area contributed by atoms with Gasteiger partial charge in [-0.05, 0) is 31.0 Å². The minimum Gasteiger partial charge on any atom is -0.344 e. The van der Waals surface area contributed by atoms with Gasteiger partial charge in [-0.25, -0.2) is 0 Å². The van der Waals surface area contributed by atoms with E-state index >= 15 is 0 Å². The van der Waals surface area contributed by atoms with Gasteiger partial charge in [-0.15, -0.1) is 0 Å². The zero-order chi connectivity index (χ0) is 12.4. The molecule has 17 heavy (non-hydrogen) atoms. The van der Waals surface area contributed by atoms with Crippen LogP contribution in [-0.2, 0) is 9.59 Å². The SMILES string of the molecule is Cc1ccc(Cl)cc1NC(=O)[C@@H]1CCC(=O)N1. The van der Waals surface area contributed by atoms with Crippen LogP contribution in [0.4, 0.5) is 5.69 Å². The van der Waals surface area contributed by atoms with E-state index in [0.29, 0.717) is 23.6 Å². The molecule has 2 N–H and O–H groups in total. The van der Waals surface area contributed by atoms with Crippen molar-refractivity contribution in [1.82, 2.24) is 5.32 Å². The molecular weight excluding hydrogens is 240 g/mol. The van der Waals surface area contributed by atoms with E-state index in [-0.39, 0.29) is 11.8 Å². The van der Waals surface area contributed by atoms with Crippen LogP contribution in [-0.4, -0.2) is 17.9 Å². The predicted octanol–water partition coefficient (Wildman–Crippen LogP) is 1.87. The lowest BCUT2D eigenvalue weighted by atomic mass is 10.1. The maximum Gasteiger partial charge on any atom is 0.246 e. The minimum absolute atomic E-state index is 0.0760. The van der Waals surface area contributed by atoms with Gasteiger partial charge in [0.25, 0.3) is 0 Å². The van der Waals surface area contributed by atoms with E-state index < -0.39 is 6.04 Å². The Morgan fingerprint density at radius 3 is 2.94 bits per heavy atom. The molecule has 0 saturated carbocycles. The molecule has 0 unspecified atom stereocenters. The Morgan fingerprint density at radius 1 is 1.53 bits per heavy atom. The number of benzene rings is 1. The van der Waals surface area contributed by atoms with Crippen molar-refractivity contribution in [2.24, 2.45) is 0 Å². The molecule has 0 aromatic heterocycles. The Kier molecular flexibility index (Phi) is 3.33. The first-order valence-electron chi connectivity index (χ1n) is 5.42. The van der Waals surface area contributed by atoms with Crippen LogP contribution in [0.5, 0.6) is 0 Å². The fourth-order valence-corrected chi connectivity index (χ4v) is 1.93. The summed E-state index contributed by atoms with van der Waals surface area (Å²) in [6.07, 6.45) is 0.955. The molecule has 0 aliphatic carbocycles. The van der Waals surface area contributed by atoms with Gasteiger partial charge in [0.1, 0.15) is 6.04 Å². The first kappa shape index (κ1) is 11.9.